The summed E-state index contributed by atoms with van der Waals surface area (Å²) in [6.07, 6.45) is 5.65. The van der Waals surface area contributed by atoms with Gasteiger partial charge in [0.05, 0.1) is 0 Å². The van der Waals surface area contributed by atoms with Gasteiger partial charge in [0.15, 0.2) is 0 Å². The van der Waals surface area contributed by atoms with Crippen LogP contribution in [0, 0.1) is 11.3 Å². The van der Waals surface area contributed by atoms with Crippen LogP contribution in [0.15, 0.2) is 12.3 Å². The molecule has 1 aliphatic heterocycles. The first-order chi connectivity index (χ1) is 9.46. The minimum absolute atomic E-state index is 0.160. The van der Waals surface area contributed by atoms with E-state index in [0.717, 1.165) is 12.2 Å². The first kappa shape index (κ1) is 13.7. The second-order valence-electron chi connectivity index (χ2n) is 7.09. The van der Waals surface area contributed by atoms with Crippen molar-refractivity contribution in [3.63, 3.8) is 0 Å². The van der Waals surface area contributed by atoms with Crippen LogP contribution in [0.5, 0.6) is 0 Å². The van der Waals surface area contributed by atoms with Crippen molar-refractivity contribution in [3.8, 4) is 0 Å². The molecular weight excluding hydrogens is 250 g/mol. The lowest BCUT2D eigenvalue weighted by Gasteiger charge is -2.64. The Morgan fingerprint density at radius 3 is 2.55 bits per heavy atom. The van der Waals surface area contributed by atoms with Crippen molar-refractivity contribution < 1.29 is 4.79 Å². The summed E-state index contributed by atoms with van der Waals surface area (Å²) >= 11 is 0. The number of amides is 1. The molecule has 0 radical (unpaired) electrons. The molecule has 1 amide bonds. The molecule has 1 saturated carbocycles. The van der Waals surface area contributed by atoms with Crippen LogP contribution in [0.4, 0.5) is 0 Å². The monoisotopic (exact) mass is 275 g/mol. The number of carbonyl (C=O) groups excluding carboxylic acids is 1. The van der Waals surface area contributed by atoms with Crippen LogP contribution < -0.4 is 0 Å². The summed E-state index contributed by atoms with van der Waals surface area (Å²) in [5, 5.41) is 4.29. The Balaban J connectivity index is 1.83. The summed E-state index contributed by atoms with van der Waals surface area (Å²) in [5.41, 5.74) is 1.17. The van der Waals surface area contributed by atoms with Crippen LogP contribution >= 0.6 is 0 Å². The molecule has 3 rings (SSSR count). The Labute approximate surface area is 121 Å². The van der Waals surface area contributed by atoms with E-state index in [1.165, 1.54) is 19.3 Å². The fraction of sp³-hybridized carbons (Fsp3) is 0.750. The van der Waals surface area contributed by atoms with Gasteiger partial charge in [-0.2, -0.15) is 5.10 Å². The molecular formula is C16H25N3O. The van der Waals surface area contributed by atoms with Gasteiger partial charge in [-0.15, -0.1) is 0 Å². The van der Waals surface area contributed by atoms with E-state index in [9.17, 15) is 4.79 Å². The lowest BCUT2D eigenvalue weighted by atomic mass is 9.55. The van der Waals surface area contributed by atoms with Crippen molar-refractivity contribution >= 4 is 5.91 Å². The van der Waals surface area contributed by atoms with Gasteiger partial charge in [-0.25, -0.2) is 0 Å². The number of likely N-dealkylation sites (tertiary alicyclic amines) is 1. The average Bonchev–Trinajstić information content (AvgIpc) is 2.73. The molecule has 1 aromatic rings. The zero-order valence-electron chi connectivity index (χ0n) is 13.0. The number of carbonyl (C=O) groups is 1. The van der Waals surface area contributed by atoms with Gasteiger partial charge in [-0.3, -0.25) is 9.48 Å². The first-order valence-corrected chi connectivity index (χ1v) is 7.81. The molecule has 1 saturated heterocycles. The Morgan fingerprint density at radius 2 is 2.05 bits per heavy atom. The predicted octanol–water partition coefficient (Wildman–Crippen LogP) is 3.11. The van der Waals surface area contributed by atoms with Gasteiger partial charge >= 0.3 is 0 Å². The molecule has 4 heteroatoms. The van der Waals surface area contributed by atoms with Gasteiger partial charge in [0.25, 0.3) is 5.91 Å². The smallest absolute Gasteiger partial charge is 0.272 e. The van der Waals surface area contributed by atoms with Gasteiger partial charge < -0.3 is 4.90 Å². The molecule has 20 heavy (non-hydrogen) atoms. The molecule has 1 spiro atoms. The van der Waals surface area contributed by atoms with E-state index < -0.39 is 0 Å². The molecule has 4 nitrogen and oxygen atoms in total. The van der Waals surface area contributed by atoms with Crippen LogP contribution in [-0.2, 0) is 0 Å². The second kappa shape index (κ2) is 4.61. The summed E-state index contributed by atoms with van der Waals surface area (Å²) in [6.45, 7) is 9.55. The summed E-state index contributed by atoms with van der Waals surface area (Å²) in [4.78, 5) is 14.9. The van der Waals surface area contributed by atoms with Crippen molar-refractivity contribution in [2.75, 3.05) is 6.54 Å². The van der Waals surface area contributed by atoms with Gasteiger partial charge in [0, 0.05) is 30.2 Å². The topological polar surface area (TPSA) is 38.1 Å². The fourth-order valence-corrected chi connectivity index (χ4v) is 4.14. The molecule has 0 unspecified atom stereocenters. The molecule has 0 aromatic carbocycles. The van der Waals surface area contributed by atoms with E-state index in [0.29, 0.717) is 17.4 Å². The Morgan fingerprint density at radius 1 is 1.35 bits per heavy atom. The van der Waals surface area contributed by atoms with Gasteiger partial charge in [-0.1, -0.05) is 20.3 Å². The van der Waals surface area contributed by atoms with Crippen LogP contribution in [0.1, 0.15) is 63.5 Å². The highest BCUT2D eigenvalue weighted by Crippen LogP contribution is 2.55. The van der Waals surface area contributed by atoms with Gasteiger partial charge in [0.1, 0.15) is 5.69 Å². The van der Waals surface area contributed by atoms with Gasteiger partial charge in [0.2, 0.25) is 0 Å². The van der Waals surface area contributed by atoms with Crippen molar-refractivity contribution in [3.05, 3.63) is 18.0 Å². The van der Waals surface area contributed by atoms with Crippen LogP contribution in [0.3, 0.4) is 0 Å². The number of hydrogen-bond acceptors (Lipinski definition) is 2. The lowest BCUT2D eigenvalue weighted by Crippen LogP contribution is -2.70. The zero-order valence-corrected chi connectivity index (χ0v) is 13.0. The normalized spacial score (nSPS) is 24.1. The summed E-state index contributed by atoms with van der Waals surface area (Å²) in [7, 11) is 0. The van der Waals surface area contributed by atoms with Crippen molar-refractivity contribution in [1.29, 1.82) is 0 Å². The fourth-order valence-electron chi connectivity index (χ4n) is 4.14. The Kier molecular flexibility index (Phi) is 3.14. The Bertz CT molecular complexity index is 514. The largest absolute Gasteiger partial charge is 0.333 e. The highest BCUT2D eigenvalue weighted by Gasteiger charge is 2.58. The zero-order chi connectivity index (χ0) is 14.5. The number of hydrogen-bond donors (Lipinski definition) is 0. The molecule has 0 bridgehead atoms. The van der Waals surface area contributed by atoms with E-state index in [2.05, 4.69) is 37.7 Å². The van der Waals surface area contributed by atoms with Crippen molar-refractivity contribution in [2.24, 2.45) is 11.3 Å². The van der Waals surface area contributed by atoms with E-state index in [4.69, 9.17) is 0 Å². The minimum Gasteiger partial charge on any atom is -0.333 e. The molecule has 2 aliphatic rings. The SMILES string of the molecule is CC(C)[C@@H]1N(C(=O)c2ccnn2C(C)C)CC12CCC2. The lowest BCUT2D eigenvalue weighted by molar-refractivity contribution is -0.121. The maximum Gasteiger partial charge on any atom is 0.272 e. The van der Waals surface area contributed by atoms with Crippen molar-refractivity contribution in [2.45, 2.75) is 59.0 Å². The third kappa shape index (κ3) is 1.80. The standard InChI is InChI=1S/C16H25N3O/c1-11(2)14-16(7-5-8-16)10-18(14)15(20)13-6-9-17-19(13)12(3)4/h6,9,11-12,14H,5,7-8,10H2,1-4H3/t14-/m0/s1. The molecule has 2 heterocycles. The number of rotatable bonds is 3. The first-order valence-electron chi connectivity index (χ1n) is 7.81. The maximum absolute atomic E-state index is 12.8. The third-order valence-corrected chi connectivity index (χ3v) is 5.07. The Hall–Kier alpha value is -1.32. The van der Waals surface area contributed by atoms with E-state index in [1.807, 2.05) is 10.7 Å². The summed E-state index contributed by atoms with van der Waals surface area (Å²) < 4.78 is 1.84. The average molecular weight is 275 g/mol. The molecule has 1 aliphatic carbocycles. The third-order valence-electron chi connectivity index (χ3n) is 5.07. The quantitative estimate of drug-likeness (QED) is 0.850. The number of aromatic nitrogens is 2. The summed E-state index contributed by atoms with van der Waals surface area (Å²) in [5.74, 6) is 0.691. The van der Waals surface area contributed by atoms with Crippen LogP contribution in [0.25, 0.3) is 0 Å². The highest BCUT2D eigenvalue weighted by atomic mass is 16.2. The predicted molar refractivity (Wildman–Crippen MR) is 78.6 cm³/mol. The number of nitrogens with zero attached hydrogens (tertiary/aromatic N) is 3. The van der Waals surface area contributed by atoms with Crippen molar-refractivity contribution in [1.82, 2.24) is 14.7 Å². The highest BCUT2D eigenvalue weighted by molar-refractivity contribution is 5.93. The minimum atomic E-state index is 0.160. The molecule has 0 N–H and O–H groups in total. The molecule has 2 fully saturated rings. The maximum atomic E-state index is 12.8. The van der Waals surface area contributed by atoms with E-state index >= 15 is 0 Å². The van der Waals surface area contributed by atoms with Crippen LogP contribution in [-0.4, -0.2) is 33.2 Å². The molecule has 1 atom stereocenters. The molecule has 110 valence electrons. The molecule has 1 aromatic heterocycles. The van der Waals surface area contributed by atoms with Crippen LogP contribution in [0.2, 0.25) is 0 Å². The van der Waals surface area contributed by atoms with Gasteiger partial charge in [-0.05, 0) is 38.7 Å². The second-order valence-corrected chi connectivity index (χ2v) is 7.09. The van der Waals surface area contributed by atoms with E-state index in [1.54, 1.807) is 6.20 Å². The summed E-state index contributed by atoms with van der Waals surface area (Å²) in [6, 6.07) is 2.49. The van der Waals surface area contributed by atoms with E-state index in [-0.39, 0.29) is 11.9 Å².